The minimum atomic E-state index is -3.54. The monoisotopic (exact) mass is 375 g/mol. The molecule has 25 heavy (non-hydrogen) atoms. The number of hydrogen-bond acceptors (Lipinski definition) is 5. The predicted molar refractivity (Wildman–Crippen MR) is 97.4 cm³/mol. The summed E-state index contributed by atoms with van der Waals surface area (Å²) in [5.41, 5.74) is 1.32. The summed E-state index contributed by atoms with van der Waals surface area (Å²) in [5.74, 6) is -0.0910. The molecule has 0 fully saturated rings. The Labute approximate surface area is 150 Å². The second-order valence-electron chi connectivity index (χ2n) is 5.68. The maximum atomic E-state index is 12.9. The SMILES string of the molecule is O=CN(O)CCc1ccccc1S(=O)(=O)Cc1ccc2sccc2c1. The normalized spacial score (nSPS) is 11.6. The first-order chi connectivity index (χ1) is 12.0. The molecule has 0 aliphatic rings. The van der Waals surface area contributed by atoms with Gasteiger partial charge in [0.05, 0.1) is 17.2 Å². The second-order valence-corrected chi connectivity index (χ2v) is 8.58. The van der Waals surface area contributed by atoms with Gasteiger partial charge in [-0.2, -0.15) is 0 Å². The number of carbonyl (C=O) groups is 1. The maximum Gasteiger partial charge on any atom is 0.233 e. The summed E-state index contributed by atoms with van der Waals surface area (Å²) in [7, 11) is -3.54. The number of rotatable bonds is 7. The van der Waals surface area contributed by atoms with E-state index in [1.807, 2.05) is 29.6 Å². The highest BCUT2D eigenvalue weighted by Gasteiger charge is 2.19. The average molecular weight is 375 g/mol. The fourth-order valence-electron chi connectivity index (χ4n) is 2.70. The van der Waals surface area contributed by atoms with Crippen molar-refractivity contribution < 1.29 is 18.4 Å². The van der Waals surface area contributed by atoms with Crippen LogP contribution in [0, 0.1) is 0 Å². The lowest BCUT2D eigenvalue weighted by Crippen LogP contribution is -2.20. The summed E-state index contributed by atoms with van der Waals surface area (Å²) in [5, 5.41) is 12.8. The summed E-state index contributed by atoms with van der Waals surface area (Å²) < 4.78 is 26.9. The van der Waals surface area contributed by atoms with E-state index in [0.717, 1.165) is 15.6 Å². The van der Waals surface area contributed by atoms with Gasteiger partial charge in [0.25, 0.3) is 0 Å². The molecule has 1 heterocycles. The lowest BCUT2D eigenvalue weighted by Gasteiger charge is -2.13. The Kier molecular flexibility index (Phi) is 5.17. The molecule has 0 spiro atoms. The molecule has 3 rings (SSSR count). The van der Waals surface area contributed by atoms with E-state index >= 15 is 0 Å². The van der Waals surface area contributed by atoms with Gasteiger partial charge < -0.3 is 0 Å². The maximum absolute atomic E-state index is 12.9. The van der Waals surface area contributed by atoms with E-state index in [9.17, 15) is 18.4 Å². The van der Waals surface area contributed by atoms with E-state index in [-0.39, 0.29) is 23.6 Å². The van der Waals surface area contributed by atoms with Crippen LogP contribution in [0.2, 0.25) is 0 Å². The fraction of sp³-hybridized carbons (Fsp3) is 0.167. The van der Waals surface area contributed by atoms with Crippen LogP contribution in [-0.4, -0.2) is 31.6 Å². The largest absolute Gasteiger partial charge is 0.286 e. The summed E-state index contributed by atoms with van der Waals surface area (Å²) in [6, 6.07) is 14.3. The Morgan fingerprint density at radius 3 is 2.72 bits per heavy atom. The smallest absolute Gasteiger partial charge is 0.233 e. The van der Waals surface area contributed by atoms with Crippen molar-refractivity contribution in [3.05, 3.63) is 65.0 Å². The quantitative estimate of drug-likeness (QED) is 0.391. The number of sulfone groups is 1. The minimum absolute atomic E-state index is 0.0386. The highest BCUT2D eigenvalue weighted by atomic mass is 32.2. The van der Waals surface area contributed by atoms with Crippen molar-refractivity contribution in [1.29, 1.82) is 0 Å². The van der Waals surface area contributed by atoms with Crippen molar-refractivity contribution in [1.82, 2.24) is 5.06 Å². The van der Waals surface area contributed by atoms with E-state index in [2.05, 4.69) is 0 Å². The first-order valence-electron chi connectivity index (χ1n) is 7.67. The van der Waals surface area contributed by atoms with Crippen LogP contribution in [0.15, 0.2) is 58.8 Å². The zero-order chi connectivity index (χ0) is 17.9. The van der Waals surface area contributed by atoms with Gasteiger partial charge in [-0.3, -0.25) is 10.0 Å². The van der Waals surface area contributed by atoms with Gasteiger partial charge in [0, 0.05) is 4.70 Å². The molecule has 2 aromatic carbocycles. The third kappa shape index (κ3) is 4.07. The number of thiophene rings is 1. The molecule has 0 bridgehead atoms. The predicted octanol–water partition coefficient (Wildman–Crippen LogP) is 3.27. The summed E-state index contributed by atoms with van der Waals surface area (Å²) in [4.78, 5) is 10.7. The van der Waals surface area contributed by atoms with Gasteiger partial charge in [-0.1, -0.05) is 24.3 Å². The third-order valence-electron chi connectivity index (χ3n) is 3.91. The topological polar surface area (TPSA) is 74.7 Å². The molecule has 0 atom stereocenters. The van der Waals surface area contributed by atoms with Crippen molar-refractivity contribution in [2.75, 3.05) is 6.54 Å². The Bertz CT molecular complexity index is 995. The van der Waals surface area contributed by atoms with Crippen molar-refractivity contribution in [2.45, 2.75) is 17.1 Å². The first-order valence-corrected chi connectivity index (χ1v) is 10.2. The number of nitrogens with zero attached hydrogens (tertiary/aromatic N) is 1. The Balaban J connectivity index is 1.87. The number of hydroxylamine groups is 2. The van der Waals surface area contributed by atoms with Crippen molar-refractivity contribution in [3.63, 3.8) is 0 Å². The molecular weight excluding hydrogens is 358 g/mol. The van der Waals surface area contributed by atoms with Crippen molar-refractivity contribution in [2.24, 2.45) is 0 Å². The number of amides is 1. The summed E-state index contributed by atoms with van der Waals surface area (Å²) >= 11 is 1.62. The summed E-state index contributed by atoms with van der Waals surface area (Å²) in [6.07, 6.45) is 0.557. The molecule has 0 saturated heterocycles. The Hall–Kier alpha value is -2.22. The minimum Gasteiger partial charge on any atom is -0.286 e. The molecule has 0 aliphatic heterocycles. The molecule has 5 nitrogen and oxygen atoms in total. The Morgan fingerprint density at radius 1 is 1.12 bits per heavy atom. The highest BCUT2D eigenvalue weighted by Crippen LogP contribution is 2.25. The van der Waals surface area contributed by atoms with Gasteiger partial charge in [0.2, 0.25) is 6.41 Å². The van der Waals surface area contributed by atoms with Gasteiger partial charge in [-0.25, -0.2) is 13.5 Å². The van der Waals surface area contributed by atoms with Crippen LogP contribution in [-0.2, 0) is 26.8 Å². The molecule has 0 saturated carbocycles. The Morgan fingerprint density at radius 2 is 1.92 bits per heavy atom. The lowest BCUT2D eigenvalue weighted by molar-refractivity contribution is -0.149. The number of fused-ring (bicyclic) bond motifs is 1. The van der Waals surface area contributed by atoms with Gasteiger partial charge in [-0.05, 0) is 52.6 Å². The molecule has 130 valence electrons. The fourth-order valence-corrected chi connectivity index (χ4v) is 5.10. The first kappa shape index (κ1) is 17.6. The molecule has 3 aromatic rings. The molecule has 0 radical (unpaired) electrons. The molecule has 1 aromatic heterocycles. The third-order valence-corrected chi connectivity index (χ3v) is 6.59. The van der Waals surface area contributed by atoms with E-state index in [0.29, 0.717) is 17.0 Å². The van der Waals surface area contributed by atoms with Crippen molar-refractivity contribution in [3.8, 4) is 0 Å². The van der Waals surface area contributed by atoms with Gasteiger partial charge in [-0.15, -0.1) is 11.3 Å². The summed E-state index contributed by atoms with van der Waals surface area (Å²) in [6.45, 7) is 0.0386. The van der Waals surface area contributed by atoms with Crippen LogP contribution in [0.25, 0.3) is 10.1 Å². The molecule has 1 amide bonds. The molecule has 1 N–H and O–H groups in total. The number of benzene rings is 2. The van der Waals surface area contributed by atoms with Crippen LogP contribution in [0.4, 0.5) is 0 Å². The van der Waals surface area contributed by atoms with Crippen LogP contribution < -0.4 is 0 Å². The number of hydrogen-bond donors (Lipinski definition) is 1. The van der Waals surface area contributed by atoms with E-state index in [1.165, 1.54) is 0 Å². The highest BCUT2D eigenvalue weighted by molar-refractivity contribution is 7.90. The van der Waals surface area contributed by atoms with Gasteiger partial charge in [0.15, 0.2) is 9.84 Å². The van der Waals surface area contributed by atoms with E-state index in [1.54, 1.807) is 35.6 Å². The second kappa shape index (κ2) is 7.35. The van der Waals surface area contributed by atoms with Gasteiger partial charge in [0.1, 0.15) is 0 Å². The van der Waals surface area contributed by atoms with Crippen molar-refractivity contribution >= 4 is 37.7 Å². The van der Waals surface area contributed by atoms with Crippen LogP contribution in [0.1, 0.15) is 11.1 Å². The van der Waals surface area contributed by atoms with E-state index in [4.69, 9.17) is 0 Å². The van der Waals surface area contributed by atoms with E-state index < -0.39 is 9.84 Å². The molecule has 7 heteroatoms. The standard InChI is InChI=1S/C18H17NO4S2/c20-13-19(21)9-7-15-3-1-2-4-18(15)25(22,23)12-14-5-6-17-16(11-14)8-10-24-17/h1-6,8,10-11,13,21H,7,9,12H2. The van der Waals surface area contributed by atoms with Crippen LogP contribution >= 0.6 is 11.3 Å². The molecule has 0 aliphatic carbocycles. The zero-order valence-corrected chi connectivity index (χ0v) is 15.0. The molecular formula is C18H17NO4S2. The van der Waals surface area contributed by atoms with Crippen LogP contribution in [0.3, 0.4) is 0 Å². The number of carbonyl (C=O) groups excluding carboxylic acids is 1. The van der Waals surface area contributed by atoms with Gasteiger partial charge >= 0.3 is 0 Å². The zero-order valence-electron chi connectivity index (χ0n) is 13.3. The molecule has 0 unspecified atom stereocenters. The average Bonchev–Trinajstić information content (AvgIpc) is 3.07. The lowest BCUT2D eigenvalue weighted by atomic mass is 10.1. The van der Waals surface area contributed by atoms with Crippen LogP contribution in [0.5, 0.6) is 0 Å².